The standard InChI is InChI=1S/C20H23NO4S/c1-14-7-12-19(13-15(14)2)26(23,24)21(3)17-8-10-18(11-9-17)25-20(22)16-5-4-6-16/h7-13,16H,4-6H2,1-3H3. The zero-order chi connectivity index (χ0) is 18.9. The fourth-order valence-electron chi connectivity index (χ4n) is 2.74. The Bertz CT molecular complexity index is 915. The van der Waals surface area contributed by atoms with Gasteiger partial charge in [0, 0.05) is 7.05 Å². The van der Waals surface area contributed by atoms with Crippen LogP contribution in [0.4, 0.5) is 5.69 Å². The minimum absolute atomic E-state index is 0.00232. The molecule has 0 spiro atoms. The molecular weight excluding hydrogens is 350 g/mol. The van der Waals surface area contributed by atoms with E-state index >= 15 is 0 Å². The first-order valence-electron chi connectivity index (χ1n) is 8.67. The Balaban J connectivity index is 1.77. The Kier molecular flexibility index (Phi) is 5.05. The van der Waals surface area contributed by atoms with E-state index in [4.69, 9.17) is 4.74 Å². The van der Waals surface area contributed by atoms with Crippen molar-refractivity contribution in [2.45, 2.75) is 38.0 Å². The molecule has 0 heterocycles. The van der Waals surface area contributed by atoms with Crippen molar-refractivity contribution in [2.75, 3.05) is 11.4 Å². The number of benzene rings is 2. The van der Waals surface area contributed by atoms with Crippen LogP contribution in [0.3, 0.4) is 0 Å². The maximum absolute atomic E-state index is 12.8. The van der Waals surface area contributed by atoms with Crippen LogP contribution in [-0.4, -0.2) is 21.4 Å². The first-order chi connectivity index (χ1) is 12.3. The third-order valence-electron chi connectivity index (χ3n) is 4.99. The van der Waals surface area contributed by atoms with Crippen molar-refractivity contribution in [2.24, 2.45) is 5.92 Å². The molecule has 0 amide bonds. The van der Waals surface area contributed by atoms with Crippen molar-refractivity contribution in [3.63, 3.8) is 0 Å². The van der Waals surface area contributed by atoms with Gasteiger partial charge >= 0.3 is 5.97 Å². The van der Waals surface area contributed by atoms with Crippen LogP contribution in [0.15, 0.2) is 47.4 Å². The molecule has 2 aromatic carbocycles. The molecule has 0 saturated heterocycles. The summed E-state index contributed by atoms with van der Waals surface area (Å²) < 4.78 is 32.2. The highest BCUT2D eigenvalue weighted by Crippen LogP contribution is 2.29. The van der Waals surface area contributed by atoms with E-state index in [1.165, 1.54) is 11.4 Å². The molecule has 1 aliphatic carbocycles. The molecule has 1 aliphatic rings. The summed E-state index contributed by atoms with van der Waals surface area (Å²) in [6.45, 7) is 3.83. The van der Waals surface area contributed by atoms with Crippen LogP contribution in [0.2, 0.25) is 0 Å². The van der Waals surface area contributed by atoms with Crippen molar-refractivity contribution in [1.82, 2.24) is 0 Å². The van der Waals surface area contributed by atoms with Gasteiger partial charge in [0.05, 0.1) is 16.5 Å². The van der Waals surface area contributed by atoms with E-state index in [1.807, 2.05) is 13.8 Å². The minimum Gasteiger partial charge on any atom is -0.426 e. The molecular formula is C20H23NO4S. The number of anilines is 1. The topological polar surface area (TPSA) is 63.7 Å². The second-order valence-corrected chi connectivity index (χ2v) is 8.73. The lowest BCUT2D eigenvalue weighted by Gasteiger charge is -2.23. The molecule has 26 heavy (non-hydrogen) atoms. The Morgan fingerprint density at radius 2 is 1.69 bits per heavy atom. The third-order valence-corrected chi connectivity index (χ3v) is 6.78. The van der Waals surface area contributed by atoms with E-state index < -0.39 is 10.0 Å². The number of rotatable bonds is 5. The van der Waals surface area contributed by atoms with E-state index in [0.29, 0.717) is 11.4 Å². The molecule has 0 bridgehead atoms. The number of sulfonamides is 1. The lowest BCUT2D eigenvalue weighted by atomic mass is 9.86. The Hall–Kier alpha value is -2.34. The molecule has 0 atom stereocenters. The molecule has 0 unspecified atom stereocenters. The van der Waals surface area contributed by atoms with E-state index in [0.717, 1.165) is 30.4 Å². The number of carbonyl (C=O) groups is 1. The van der Waals surface area contributed by atoms with Crippen LogP contribution in [-0.2, 0) is 14.8 Å². The Labute approximate surface area is 154 Å². The van der Waals surface area contributed by atoms with Crippen molar-refractivity contribution in [1.29, 1.82) is 0 Å². The summed E-state index contributed by atoms with van der Waals surface area (Å²) >= 11 is 0. The first kappa shape index (κ1) is 18.5. The van der Waals surface area contributed by atoms with Gasteiger partial charge < -0.3 is 4.74 Å². The number of ether oxygens (including phenoxy) is 1. The summed E-state index contributed by atoms with van der Waals surface area (Å²) in [6.07, 6.45) is 2.83. The van der Waals surface area contributed by atoms with Gasteiger partial charge in [0.2, 0.25) is 0 Å². The smallest absolute Gasteiger partial charge is 0.314 e. The minimum atomic E-state index is -3.65. The monoisotopic (exact) mass is 373 g/mol. The molecule has 0 N–H and O–H groups in total. The van der Waals surface area contributed by atoms with E-state index in [-0.39, 0.29) is 16.8 Å². The molecule has 0 aliphatic heterocycles. The highest BCUT2D eigenvalue weighted by molar-refractivity contribution is 7.92. The second kappa shape index (κ2) is 7.11. The fourth-order valence-corrected chi connectivity index (χ4v) is 4.02. The Morgan fingerprint density at radius 1 is 1.04 bits per heavy atom. The van der Waals surface area contributed by atoms with Crippen LogP contribution in [0.5, 0.6) is 5.75 Å². The molecule has 1 saturated carbocycles. The van der Waals surface area contributed by atoms with Crippen molar-refractivity contribution < 1.29 is 17.9 Å². The van der Waals surface area contributed by atoms with Gasteiger partial charge in [0.15, 0.2) is 0 Å². The molecule has 1 fully saturated rings. The van der Waals surface area contributed by atoms with Crippen molar-refractivity contribution in [3.05, 3.63) is 53.6 Å². The quantitative estimate of drug-likeness (QED) is 0.590. The van der Waals surface area contributed by atoms with Gasteiger partial charge in [0.1, 0.15) is 5.75 Å². The number of nitrogens with zero attached hydrogens (tertiary/aromatic N) is 1. The first-order valence-corrected chi connectivity index (χ1v) is 10.1. The summed E-state index contributed by atoms with van der Waals surface area (Å²) in [6, 6.07) is 11.6. The van der Waals surface area contributed by atoms with Crippen LogP contribution >= 0.6 is 0 Å². The highest BCUT2D eigenvalue weighted by atomic mass is 32.2. The summed E-state index contributed by atoms with van der Waals surface area (Å²) in [5.41, 5.74) is 2.48. The number of aryl methyl sites for hydroxylation is 2. The van der Waals surface area contributed by atoms with E-state index in [9.17, 15) is 13.2 Å². The largest absolute Gasteiger partial charge is 0.426 e. The van der Waals surface area contributed by atoms with Gasteiger partial charge in [-0.2, -0.15) is 0 Å². The lowest BCUT2D eigenvalue weighted by Crippen LogP contribution is -2.27. The highest BCUT2D eigenvalue weighted by Gasteiger charge is 2.27. The van der Waals surface area contributed by atoms with Crippen molar-refractivity contribution >= 4 is 21.7 Å². The summed E-state index contributed by atoms with van der Waals surface area (Å²) in [4.78, 5) is 12.1. The predicted octanol–water partition coefficient (Wildman–Crippen LogP) is 3.83. The molecule has 138 valence electrons. The normalized spacial score (nSPS) is 14.6. The molecule has 3 rings (SSSR count). The van der Waals surface area contributed by atoms with Crippen molar-refractivity contribution in [3.8, 4) is 5.75 Å². The van der Waals surface area contributed by atoms with Gasteiger partial charge in [-0.3, -0.25) is 9.10 Å². The number of esters is 1. The zero-order valence-electron chi connectivity index (χ0n) is 15.2. The molecule has 0 radical (unpaired) electrons. The van der Waals surface area contributed by atoms with Gasteiger partial charge in [-0.1, -0.05) is 12.5 Å². The Morgan fingerprint density at radius 3 is 2.23 bits per heavy atom. The zero-order valence-corrected chi connectivity index (χ0v) is 16.0. The molecule has 0 aromatic heterocycles. The molecule has 5 nitrogen and oxygen atoms in total. The van der Waals surface area contributed by atoms with Gasteiger partial charge in [-0.15, -0.1) is 0 Å². The summed E-state index contributed by atoms with van der Waals surface area (Å²) in [5, 5.41) is 0. The van der Waals surface area contributed by atoms with Gasteiger partial charge in [-0.05, 0) is 74.2 Å². The molecule has 6 heteroatoms. The van der Waals surface area contributed by atoms with Crippen LogP contribution in [0.25, 0.3) is 0 Å². The average Bonchev–Trinajstić information content (AvgIpc) is 2.55. The number of hydrogen-bond acceptors (Lipinski definition) is 4. The van der Waals surface area contributed by atoms with Crippen LogP contribution in [0, 0.1) is 19.8 Å². The predicted molar refractivity (Wildman–Crippen MR) is 101 cm³/mol. The van der Waals surface area contributed by atoms with Gasteiger partial charge in [0.25, 0.3) is 10.0 Å². The average molecular weight is 373 g/mol. The van der Waals surface area contributed by atoms with Crippen LogP contribution in [0.1, 0.15) is 30.4 Å². The number of carbonyl (C=O) groups excluding carboxylic acids is 1. The molecule has 2 aromatic rings. The maximum atomic E-state index is 12.8. The number of hydrogen-bond donors (Lipinski definition) is 0. The lowest BCUT2D eigenvalue weighted by molar-refractivity contribution is -0.141. The van der Waals surface area contributed by atoms with Gasteiger partial charge in [-0.25, -0.2) is 8.42 Å². The second-order valence-electron chi connectivity index (χ2n) is 6.76. The summed E-state index contributed by atoms with van der Waals surface area (Å²) in [7, 11) is -2.14. The fraction of sp³-hybridized carbons (Fsp3) is 0.350. The third kappa shape index (κ3) is 3.60. The summed E-state index contributed by atoms with van der Waals surface area (Å²) in [5.74, 6) is 0.227. The van der Waals surface area contributed by atoms with E-state index in [2.05, 4.69) is 0 Å². The van der Waals surface area contributed by atoms with E-state index in [1.54, 1.807) is 42.5 Å². The SMILES string of the molecule is Cc1ccc(S(=O)(=O)N(C)c2ccc(OC(=O)C3CCC3)cc2)cc1C. The van der Waals surface area contributed by atoms with Crippen LogP contribution < -0.4 is 9.04 Å². The maximum Gasteiger partial charge on any atom is 0.314 e.